The molecular weight excluding hydrogens is 427 g/mol. The van der Waals surface area contributed by atoms with Crippen LogP contribution in [0.25, 0.3) is 0 Å². The number of nitrogens with zero attached hydrogens (tertiary/aromatic N) is 4. The predicted molar refractivity (Wildman–Crippen MR) is 106 cm³/mol. The zero-order valence-corrected chi connectivity index (χ0v) is 16.4. The highest BCUT2D eigenvalue weighted by Gasteiger charge is 2.23. The molecule has 0 amide bonds. The van der Waals surface area contributed by atoms with Crippen LogP contribution in [0.4, 0.5) is 11.6 Å². The van der Waals surface area contributed by atoms with Crippen LogP contribution in [0.3, 0.4) is 0 Å². The van der Waals surface area contributed by atoms with Crippen molar-refractivity contribution in [3.8, 4) is 0 Å². The van der Waals surface area contributed by atoms with E-state index < -0.39 is 0 Å². The SMILES string of the molecule is N=C(Br)c1c(N)ncnc1N1CCN(Cc2ccc(Cl)cc2Cl)CC1. The number of hydrogen-bond acceptors (Lipinski definition) is 6. The average molecular weight is 444 g/mol. The Morgan fingerprint density at radius 1 is 1.20 bits per heavy atom. The largest absolute Gasteiger partial charge is 0.383 e. The average Bonchev–Trinajstić information content (AvgIpc) is 2.57. The molecule has 25 heavy (non-hydrogen) atoms. The number of piperazine rings is 1. The van der Waals surface area contributed by atoms with Crippen molar-refractivity contribution in [2.45, 2.75) is 6.54 Å². The third-order valence-electron chi connectivity index (χ3n) is 4.16. The Kier molecular flexibility index (Phi) is 5.78. The molecule has 1 aliphatic rings. The Morgan fingerprint density at radius 2 is 1.92 bits per heavy atom. The lowest BCUT2D eigenvalue weighted by Crippen LogP contribution is -2.46. The van der Waals surface area contributed by atoms with Crippen LogP contribution in [-0.2, 0) is 6.54 Å². The van der Waals surface area contributed by atoms with E-state index in [0.29, 0.717) is 27.2 Å². The second-order valence-electron chi connectivity index (χ2n) is 5.77. The van der Waals surface area contributed by atoms with Crippen molar-refractivity contribution in [3.05, 3.63) is 45.7 Å². The fourth-order valence-corrected chi connectivity index (χ4v) is 3.70. The molecule has 0 radical (unpaired) electrons. The van der Waals surface area contributed by atoms with E-state index in [9.17, 15) is 0 Å². The highest BCUT2D eigenvalue weighted by Crippen LogP contribution is 2.26. The summed E-state index contributed by atoms with van der Waals surface area (Å²) in [6.45, 7) is 4.07. The molecule has 1 aromatic heterocycles. The number of aromatic nitrogens is 2. The maximum Gasteiger partial charge on any atom is 0.144 e. The summed E-state index contributed by atoms with van der Waals surface area (Å²) < 4.78 is 0.191. The number of halogens is 3. The molecule has 1 aliphatic heterocycles. The van der Waals surface area contributed by atoms with Gasteiger partial charge in [-0.3, -0.25) is 10.3 Å². The van der Waals surface area contributed by atoms with Crippen LogP contribution >= 0.6 is 39.1 Å². The fraction of sp³-hybridized carbons (Fsp3) is 0.312. The first-order valence-electron chi connectivity index (χ1n) is 7.72. The lowest BCUT2D eigenvalue weighted by Gasteiger charge is -2.36. The quantitative estimate of drug-likeness (QED) is 0.707. The summed E-state index contributed by atoms with van der Waals surface area (Å²) in [6, 6.07) is 5.59. The maximum atomic E-state index is 7.86. The van der Waals surface area contributed by atoms with Crippen LogP contribution in [0.15, 0.2) is 24.5 Å². The molecule has 0 unspecified atom stereocenters. The molecule has 3 rings (SSSR count). The third-order valence-corrected chi connectivity index (χ3v) is 5.14. The molecule has 2 aromatic rings. The van der Waals surface area contributed by atoms with Crippen molar-refractivity contribution in [2.24, 2.45) is 0 Å². The number of nitrogen functional groups attached to an aromatic ring is 1. The van der Waals surface area contributed by atoms with Gasteiger partial charge in [0.2, 0.25) is 0 Å². The van der Waals surface area contributed by atoms with Crippen molar-refractivity contribution >= 4 is 55.4 Å². The van der Waals surface area contributed by atoms with Crippen molar-refractivity contribution in [1.82, 2.24) is 14.9 Å². The van der Waals surface area contributed by atoms with Crippen LogP contribution in [0.2, 0.25) is 10.0 Å². The minimum atomic E-state index is 0.191. The van der Waals surface area contributed by atoms with Gasteiger partial charge in [-0.1, -0.05) is 29.3 Å². The van der Waals surface area contributed by atoms with Gasteiger partial charge < -0.3 is 10.6 Å². The van der Waals surface area contributed by atoms with E-state index in [1.807, 2.05) is 12.1 Å². The molecule has 0 aliphatic carbocycles. The second-order valence-corrected chi connectivity index (χ2v) is 7.41. The van der Waals surface area contributed by atoms with Gasteiger partial charge in [0.25, 0.3) is 0 Å². The fourth-order valence-electron chi connectivity index (χ4n) is 2.85. The first-order chi connectivity index (χ1) is 12.0. The van der Waals surface area contributed by atoms with Crippen molar-refractivity contribution in [3.63, 3.8) is 0 Å². The Bertz CT molecular complexity index is 792. The molecule has 1 aromatic carbocycles. The summed E-state index contributed by atoms with van der Waals surface area (Å²) in [5.41, 5.74) is 7.51. The molecule has 9 heteroatoms. The van der Waals surface area contributed by atoms with Gasteiger partial charge in [-0.2, -0.15) is 0 Å². The summed E-state index contributed by atoms with van der Waals surface area (Å²) >= 11 is 15.4. The molecule has 1 fully saturated rings. The minimum Gasteiger partial charge on any atom is -0.383 e. The number of anilines is 2. The molecule has 0 saturated carbocycles. The Labute approximate surface area is 164 Å². The molecule has 6 nitrogen and oxygen atoms in total. The number of nitrogens with one attached hydrogen (secondary N) is 1. The molecule has 132 valence electrons. The molecular formula is C16H17BrCl2N6. The van der Waals surface area contributed by atoms with E-state index in [0.717, 1.165) is 38.3 Å². The second kappa shape index (κ2) is 7.86. The van der Waals surface area contributed by atoms with Gasteiger partial charge in [-0.15, -0.1) is 0 Å². The van der Waals surface area contributed by atoms with Gasteiger partial charge in [-0.05, 0) is 33.6 Å². The van der Waals surface area contributed by atoms with Crippen molar-refractivity contribution in [1.29, 1.82) is 5.41 Å². The Hall–Kier alpha value is -1.41. The summed E-state index contributed by atoms with van der Waals surface area (Å²) in [5, 5.41) is 9.19. The molecule has 0 bridgehead atoms. The normalized spacial score (nSPS) is 15.4. The minimum absolute atomic E-state index is 0.191. The predicted octanol–water partition coefficient (Wildman–Crippen LogP) is 3.41. The van der Waals surface area contributed by atoms with Crippen LogP contribution in [0.1, 0.15) is 11.1 Å². The van der Waals surface area contributed by atoms with Crippen molar-refractivity contribution < 1.29 is 0 Å². The number of benzene rings is 1. The molecule has 0 spiro atoms. The number of hydrogen-bond donors (Lipinski definition) is 2. The zero-order valence-electron chi connectivity index (χ0n) is 13.3. The Balaban J connectivity index is 1.68. The third kappa shape index (κ3) is 4.23. The standard InChI is InChI=1S/C16H17BrCl2N6/c17-14(20)13-15(21)22-9-23-16(13)25-5-3-24(4-6-25)8-10-1-2-11(18)7-12(10)19/h1-2,7,9,20H,3-6,8H2,(H2,21,22,23). The first kappa shape index (κ1) is 18.4. The van der Waals surface area contributed by atoms with Gasteiger partial charge in [-0.25, -0.2) is 9.97 Å². The van der Waals surface area contributed by atoms with E-state index in [1.165, 1.54) is 6.33 Å². The lowest BCUT2D eigenvalue weighted by atomic mass is 10.2. The van der Waals surface area contributed by atoms with Gasteiger partial charge in [0.05, 0.1) is 5.56 Å². The molecule has 1 saturated heterocycles. The molecule has 2 heterocycles. The molecule has 0 atom stereocenters. The highest BCUT2D eigenvalue weighted by molar-refractivity contribution is 9.18. The zero-order chi connectivity index (χ0) is 18.0. The van der Waals surface area contributed by atoms with Crippen LogP contribution in [0.5, 0.6) is 0 Å². The summed E-state index contributed by atoms with van der Waals surface area (Å²) in [6.07, 6.45) is 1.43. The van der Waals surface area contributed by atoms with Gasteiger partial charge in [0.15, 0.2) is 0 Å². The highest BCUT2D eigenvalue weighted by atomic mass is 79.9. The van der Waals surface area contributed by atoms with Crippen LogP contribution in [0, 0.1) is 5.41 Å². The van der Waals surface area contributed by atoms with E-state index in [2.05, 4.69) is 35.7 Å². The summed E-state index contributed by atoms with van der Waals surface area (Å²) in [4.78, 5) is 12.8. The van der Waals surface area contributed by atoms with E-state index in [1.54, 1.807) is 6.07 Å². The monoisotopic (exact) mass is 442 g/mol. The Morgan fingerprint density at radius 3 is 2.56 bits per heavy atom. The van der Waals surface area contributed by atoms with E-state index >= 15 is 0 Å². The number of nitrogens with two attached hydrogens (primary N) is 1. The lowest BCUT2D eigenvalue weighted by molar-refractivity contribution is 0.249. The summed E-state index contributed by atoms with van der Waals surface area (Å²) in [5.74, 6) is 1.00. The number of rotatable bonds is 4. The molecule has 3 N–H and O–H groups in total. The first-order valence-corrected chi connectivity index (χ1v) is 9.26. The smallest absolute Gasteiger partial charge is 0.144 e. The van der Waals surface area contributed by atoms with Gasteiger partial charge >= 0.3 is 0 Å². The van der Waals surface area contributed by atoms with Gasteiger partial charge in [0, 0.05) is 42.8 Å². The van der Waals surface area contributed by atoms with Gasteiger partial charge in [0.1, 0.15) is 22.6 Å². The van der Waals surface area contributed by atoms with E-state index in [-0.39, 0.29) is 4.62 Å². The topological polar surface area (TPSA) is 82.1 Å². The van der Waals surface area contributed by atoms with Crippen LogP contribution in [-0.4, -0.2) is 45.7 Å². The summed E-state index contributed by atoms with van der Waals surface area (Å²) in [7, 11) is 0. The maximum absolute atomic E-state index is 7.86. The van der Waals surface area contributed by atoms with E-state index in [4.69, 9.17) is 34.3 Å². The van der Waals surface area contributed by atoms with Crippen molar-refractivity contribution in [2.75, 3.05) is 36.8 Å². The van der Waals surface area contributed by atoms with Crippen LogP contribution < -0.4 is 10.6 Å².